The van der Waals surface area contributed by atoms with E-state index in [-0.39, 0.29) is 0 Å². The molecule has 1 fully saturated rings. The van der Waals surface area contributed by atoms with Crippen molar-refractivity contribution >= 4 is 11.8 Å². The van der Waals surface area contributed by atoms with E-state index < -0.39 is 0 Å². The lowest BCUT2D eigenvalue weighted by atomic mass is 9.84. The second kappa shape index (κ2) is 8.12. The average molecular weight is 295 g/mol. The lowest BCUT2D eigenvalue weighted by Gasteiger charge is -2.21. The zero-order valence-corrected chi connectivity index (χ0v) is 14.3. The lowest BCUT2D eigenvalue weighted by molar-refractivity contribution is 0.586. The number of rotatable bonds is 6. The van der Waals surface area contributed by atoms with Crippen molar-refractivity contribution in [2.45, 2.75) is 58.8 Å². The molecule has 1 nitrogen and oxygen atoms in total. The van der Waals surface area contributed by atoms with Gasteiger partial charge in [-0.3, -0.25) is 4.99 Å². The van der Waals surface area contributed by atoms with Gasteiger partial charge in [-0.25, -0.2) is 0 Å². The molecule has 0 N–H and O–H groups in total. The summed E-state index contributed by atoms with van der Waals surface area (Å²) >= 11 is 0. The van der Waals surface area contributed by atoms with E-state index in [0.29, 0.717) is 5.92 Å². The Morgan fingerprint density at radius 2 is 2.00 bits per heavy atom. The van der Waals surface area contributed by atoms with E-state index in [9.17, 15) is 0 Å². The fourth-order valence-electron chi connectivity index (χ4n) is 3.55. The maximum absolute atomic E-state index is 4.39. The van der Waals surface area contributed by atoms with Gasteiger partial charge in [0.15, 0.2) is 0 Å². The van der Waals surface area contributed by atoms with E-state index in [1.807, 2.05) is 19.3 Å². The van der Waals surface area contributed by atoms with Gasteiger partial charge in [-0.1, -0.05) is 56.2 Å². The molecule has 0 bridgehead atoms. The van der Waals surface area contributed by atoms with Gasteiger partial charge in [0, 0.05) is 12.4 Å². The molecule has 1 atom stereocenters. The zero-order valence-electron chi connectivity index (χ0n) is 14.3. The summed E-state index contributed by atoms with van der Waals surface area (Å²) in [4.78, 5) is 4.27. The summed E-state index contributed by atoms with van der Waals surface area (Å²) in [5, 5.41) is 0. The first-order valence-corrected chi connectivity index (χ1v) is 8.55. The van der Waals surface area contributed by atoms with Gasteiger partial charge >= 0.3 is 0 Å². The average Bonchev–Trinajstić information content (AvgIpc) is 3.07. The van der Waals surface area contributed by atoms with Crippen molar-refractivity contribution in [3.8, 4) is 0 Å². The monoisotopic (exact) mass is 295 g/mol. The number of hydrogen-bond acceptors (Lipinski definition) is 1. The minimum atomic E-state index is 0.512. The SMILES string of the molecule is C=C(CC(C)c1ccccc1/C(C)=C/N=CC)C1CCCC1. The molecule has 1 heteroatoms. The van der Waals surface area contributed by atoms with Crippen LogP contribution in [0, 0.1) is 5.92 Å². The van der Waals surface area contributed by atoms with E-state index >= 15 is 0 Å². The Balaban J connectivity index is 2.15. The van der Waals surface area contributed by atoms with Gasteiger partial charge < -0.3 is 0 Å². The Kier molecular flexibility index (Phi) is 6.18. The molecule has 0 amide bonds. The third kappa shape index (κ3) is 4.19. The predicted octanol–water partition coefficient (Wildman–Crippen LogP) is 6.38. The third-order valence-corrected chi connectivity index (χ3v) is 4.83. The van der Waals surface area contributed by atoms with E-state index in [1.165, 1.54) is 48.0 Å². The lowest BCUT2D eigenvalue weighted by Crippen LogP contribution is -2.04. The largest absolute Gasteiger partial charge is 0.269 e. The first kappa shape index (κ1) is 16.7. The van der Waals surface area contributed by atoms with E-state index in [1.54, 1.807) is 0 Å². The summed E-state index contributed by atoms with van der Waals surface area (Å²) in [5.41, 5.74) is 5.42. The van der Waals surface area contributed by atoms with Gasteiger partial charge in [0.05, 0.1) is 0 Å². The number of allylic oxidation sites excluding steroid dienone is 2. The van der Waals surface area contributed by atoms with Crippen molar-refractivity contribution in [3.05, 3.63) is 53.7 Å². The maximum atomic E-state index is 4.39. The quantitative estimate of drug-likeness (QED) is 0.426. The van der Waals surface area contributed by atoms with Crippen LogP contribution in [0.2, 0.25) is 0 Å². The number of aliphatic imine (C=N–C) groups is 1. The second-order valence-electron chi connectivity index (χ2n) is 6.55. The molecule has 1 aromatic carbocycles. The van der Waals surface area contributed by atoms with Crippen LogP contribution in [0.15, 0.2) is 47.6 Å². The van der Waals surface area contributed by atoms with Crippen molar-refractivity contribution in [2.75, 3.05) is 0 Å². The van der Waals surface area contributed by atoms with Crippen LogP contribution in [0.25, 0.3) is 5.57 Å². The Bertz CT molecular complexity index is 559. The first-order valence-electron chi connectivity index (χ1n) is 8.55. The van der Waals surface area contributed by atoms with Crippen LogP contribution >= 0.6 is 0 Å². The number of nitrogens with zero attached hydrogens (tertiary/aromatic N) is 1. The summed E-state index contributed by atoms with van der Waals surface area (Å²) in [7, 11) is 0. The smallest absolute Gasteiger partial charge is 0.0299 e. The molecular weight excluding hydrogens is 266 g/mol. The highest BCUT2D eigenvalue weighted by Crippen LogP contribution is 2.36. The normalized spacial score (nSPS) is 18.0. The molecule has 0 aromatic heterocycles. The molecule has 2 rings (SSSR count). The molecule has 0 heterocycles. The van der Waals surface area contributed by atoms with Gasteiger partial charge in [0.2, 0.25) is 0 Å². The minimum absolute atomic E-state index is 0.512. The molecule has 1 aromatic rings. The Morgan fingerprint density at radius 3 is 2.68 bits per heavy atom. The highest BCUT2D eigenvalue weighted by molar-refractivity contribution is 5.68. The van der Waals surface area contributed by atoms with Gasteiger partial charge in [0.25, 0.3) is 0 Å². The van der Waals surface area contributed by atoms with Crippen molar-refractivity contribution in [2.24, 2.45) is 10.9 Å². The molecule has 0 saturated heterocycles. The van der Waals surface area contributed by atoms with Crippen molar-refractivity contribution in [3.63, 3.8) is 0 Å². The number of hydrogen-bond donors (Lipinski definition) is 0. The van der Waals surface area contributed by atoms with Crippen LogP contribution in [0.3, 0.4) is 0 Å². The number of benzene rings is 1. The minimum Gasteiger partial charge on any atom is -0.269 e. The van der Waals surface area contributed by atoms with Crippen molar-refractivity contribution in [1.29, 1.82) is 0 Å². The Labute approximate surface area is 135 Å². The fraction of sp³-hybridized carbons (Fsp3) is 0.476. The summed E-state index contributed by atoms with van der Waals surface area (Å²) in [6.07, 6.45) is 10.3. The van der Waals surface area contributed by atoms with Gasteiger partial charge in [0.1, 0.15) is 0 Å². The zero-order chi connectivity index (χ0) is 15.9. The summed E-state index contributed by atoms with van der Waals surface area (Å²) in [6, 6.07) is 8.73. The van der Waals surface area contributed by atoms with E-state index in [4.69, 9.17) is 0 Å². The maximum Gasteiger partial charge on any atom is 0.0299 e. The molecular formula is C21H29N. The molecule has 1 aliphatic carbocycles. The van der Waals surface area contributed by atoms with Gasteiger partial charge in [-0.05, 0) is 61.6 Å². The fourth-order valence-corrected chi connectivity index (χ4v) is 3.55. The van der Waals surface area contributed by atoms with Gasteiger partial charge in [-0.2, -0.15) is 0 Å². The van der Waals surface area contributed by atoms with Crippen LogP contribution in [0.5, 0.6) is 0 Å². The Hall–Kier alpha value is -1.63. The highest BCUT2D eigenvalue weighted by atomic mass is 14.7. The standard InChI is InChI=1S/C21H29N/c1-5-22-15-18(4)21-13-9-8-12-20(21)17(3)14-16(2)19-10-6-7-11-19/h5,8-9,12-13,15,17,19H,2,6-7,10-11,14H2,1,3-4H3/b18-15+,22-5?. The van der Waals surface area contributed by atoms with Crippen molar-refractivity contribution in [1.82, 2.24) is 0 Å². The summed E-state index contributed by atoms with van der Waals surface area (Å²) < 4.78 is 0. The molecule has 1 aliphatic rings. The van der Waals surface area contributed by atoms with Crippen LogP contribution in [0.4, 0.5) is 0 Å². The second-order valence-corrected chi connectivity index (χ2v) is 6.55. The van der Waals surface area contributed by atoms with Crippen LogP contribution in [-0.4, -0.2) is 6.21 Å². The first-order chi connectivity index (χ1) is 10.6. The molecule has 0 spiro atoms. The molecule has 0 aliphatic heterocycles. The van der Waals surface area contributed by atoms with Crippen LogP contribution < -0.4 is 0 Å². The van der Waals surface area contributed by atoms with Gasteiger partial charge in [-0.15, -0.1) is 0 Å². The summed E-state index contributed by atoms with van der Waals surface area (Å²) in [6.45, 7) is 10.8. The van der Waals surface area contributed by atoms with E-state index in [0.717, 1.165) is 12.3 Å². The van der Waals surface area contributed by atoms with Crippen LogP contribution in [0.1, 0.15) is 69.9 Å². The molecule has 118 valence electrons. The highest BCUT2D eigenvalue weighted by Gasteiger charge is 2.20. The third-order valence-electron chi connectivity index (χ3n) is 4.83. The molecule has 22 heavy (non-hydrogen) atoms. The predicted molar refractivity (Wildman–Crippen MR) is 98.4 cm³/mol. The molecule has 1 saturated carbocycles. The summed E-state index contributed by atoms with van der Waals surface area (Å²) in [5.74, 6) is 1.27. The van der Waals surface area contributed by atoms with Crippen molar-refractivity contribution < 1.29 is 0 Å². The molecule has 1 unspecified atom stereocenters. The Morgan fingerprint density at radius 1 is 1.32 bits per heavy atom. The van der Waals surface area contributed by atoms with E-state index in [2.05, 4.69) is 49.7 Å². The molecule has 0 radical (unpaired) electrons. The topological polar surface area (TPSA) is 12.4 Å². The van der Waals surface area contributed by atoms with Crippen LogP contribution in [-0.2, 0) is 0 Å².